The number of cyclic esters (lactones) is 2. The summed E-state index contributed by atoms with van der Waals surface area (Å²) in [7, 11) is 0. The van der Waals surface area contributed by atoms with Crippen molar-refractivity contribution >= 4 is 60.3 Å². The Kier molecular flexibility index (Phi) is 13.8. The maximum absolute atomic E-state index is 12.3. The van der Waals surface area contributed by atoms with Crippen LogP contribution in [0.4, 0.5) is 0 Å². The Morgan fingerprint density at radius 2 is 1.22 bits per heavy atom. The quantitative estimate of drug-likeness (QED) is 0.0950. The van der Waals surface area contributed by atoms with Crippen LogP contribution in [0.5, 0.6) is 0 Å². The van der Waals surface area contributed by atoms with Crippen molar-refractivity contribution in [2.45, 2.75) is 109 Å². The predicted molar refractivity (Wildman–Crippen MR) is 176 cm³/mol. The Labute approximate surface area is 307 Å². The SMILES string of the molecule is C=C(C)C(=O)OCCOC(=O)CC12CC3CCC1(COC2=O)O3.CCC(C)(C)C(=O)OCCOC(=O)CC12CC3CCC1(COC2=O)O3.[B].[NH]=[Al]. The van der Waals surface area contributed by atoms with Gasteiger partial charge in [0, 0.05) is 14.0 Å². The molecule has 17 heteroatoms. The first-order valence-corrected chi connectivity index (χ1v) is 17.5. The fourth-order valence-electron chi connectivity index (χ4n) is 7.72. The summed E-state index contributed by atoms with van der Waals surface area (Å²) >= 11 is 1.67. The van der Waals surface area contributed by atoms with Gasteiger partial charge in [0.25, 0.3) is 0 Å². The Hall–Kier alpha value is -3.12. The van der Waals surface area contributed by atoms with Gasteiger partial charge in [0.1, 0.15) is 61.7 Å². The van der Waals surface area contributed by atoms with Gasteiger partial charge in [-0.15, -0.1) is 0 Å². The van der Waals surface area contributed by atoms with Crippen molar-refractivity contribution in [3.8, 4) is 0 Å². The molecule has 6 aliphatic heterocycles. The fourth-order valence-corrected chi connectivity index (χ4v) is 7.72. The predicted octanol–water partition coefficient (Wildman–Crippen LogP) is 2.20. The fraction of sp³-hybridized carbons (Fsp3) is 0.765. The summed E-state index contributed by atoms with van der Waals surface area (Å²) in [4.78, 5) is 71.9. The van der Waals surface area contributed by atoms with Gasteiger partial charge in [-0.05, 0) is 65.7 Å². The standard InChI is InChI=1S/C18H26O7.C16H20O7.Al.B.HN/c1-4-16(2,3)14(20)23-8-7-22-13(19)10-17-9-12-5-6-18(17,25-12)11-24-15(17)21;1-10(2)13(18)21-6-5-20-12(17)8-15-7-11-3-4-16(15,23-11)9-22-14(15)19;;;/h12H,4-11H2,1-3H3;11H,1,3-9H2,2H3;;;1H. The van der Waals surface area contributed by atoms with E-state index in [0.29, 0.717) is 19.3 Å². The molecule has 4 bridgehead atoms. The van der Waals surface area contributed by atoms with Crippen LogP contribution in [0.15, 0.2) is 12.2 Å². The van der Waals surface area contributed by atoms with E-state index in [1.807, 2.05) is 6.92 Å². The third kappa shape index (κ3) is 8.11. The Morgan fingerprint density at radius 1 is 0.804 bits per heavy atom. The number of ether oxygens (including phenoxy) is 8. The van der Waals surface area contributed by atoms with E-state index in [1.165, 1.54) is 6.92 Å². The minimum absolute atomic E-state index is 0. The molecule has 6 rings (SSSR count). The summed E-state index contributed by atoms with van der Waals surface area (Å²) in [6.07, 6.45) is 4.89. The zero-order chi connectivity index (χ0) is 37.0. The van der Waals surface area contributed by atoms with Crippen LogP contribution < -0.4 is 0 Å². The van der Waals surface area contributed by atoms with Gasteiger partial charge in [-0.25, -0.2) is 4.79 Å². The second-order valence-corrected chi connectivity index (χ2v) is 14.4. The molecule has 278 valence electrons. The summed E-state index contributed by atoms with van der Waals surface area (Å²) in [6.45, 7) is 10.8. The van der Waals surface area contributed by atoms with Crippen LogP contribution in [0.25, 0.3) is 0 Å². The van der Waals surface area contributed by atoms with Gasteiger partial charge < -0.3 is 37.9 Å². The van der Waals surface area contributed by atoms with E-state index < -0.39 is 45.4 Å². The molecule has 2 spiro atoms. The Bertz CT molecular complexity index is 1390. The third-order valence-corrected chi connectivity index (χ3v) is 10.9. The molecule has 6 unspecified atom stereocenters. The zero-order valence-corrected chi connectivity index (χ0v) is 31.0. The number of nitrogens with one attached hydrogen (secondary N) is 1. The monoisotopic (exact) mass is 731 g/mol. The summed E-state index contributed by atoms with van der Waals surface area (Å²) in [5.74, 6) is -2.57. The summed E-state index contributed by atoms with van der Waals surface area (Å²) < 4.78 is 48.2. The second-order valence-electron chi connectivity index (χ2n) is 14.4. The molecule has 51 heavy (non-hydrogen) atoms. The average Bonchev–Trinajstić information content (AvgIpc) is 3.92. The first-order chi connectivity index (χ1) is 23.6. The van der Waals surface area contributed by atoms with Crippen molar-refractivity contribution in [2.24, 2.45) is 16.2 Å². The average molecular weight is 732 g/mol. The molecular formula is C34H47AlBNO14. The van der Waals surface area contributed by atoms with E-state index in [2.05, 4.69) is 6.58 Å². The van der Waals surface area contributed by atoms with Crippen LogP contribution in [0.1, 0.15) is 85.5 Å². The van der Waals surface area contributed by atoms with Gasteiger partial charge in [0.05, 0.1) is 30.5 Å². The molecule has 1 N–H and O–H groups in total. The summed E-state index contributed by atoms with van der Waals surface area (Å²) in [6, 6.07) is 0. The van der Waals surface area contributed by atoms with Crippen LogP contribution in [-0.4, -0.2) is 123 Å². The second kappa shape index (κ2) is 16.7. The molecule has 0 saturated carbocycles. The van der Waals surface area contributed by atoms with Crippen molar-refractivity contribution in [3.63, 3.8) is 0 Å². The molecule has 6 fully saturated rings. The first-order valence-electron chi connectivity index (χ1n) is 16.9. The Morgan fingerprint density at radius 3 is 1.61 bits per heavy atom. The van der Waals surface area contributed by atoms with Crippen LogP contribution in [0, 0.1) is 20.6 Å². The topological polar surface area (TPSA) is 200 Å². The number of carbonyl (C=O) groups is 6. The van der Waals surface area contributed by atoms with Crippen molar-refractivity contribution < 1.29 is 66.7 Å². The molecule has 6 aliphatic rings. The number of rotatable bonds is 13. The van der Waals surface area contributed by atoms with E-state index >= 15 is 0 Å². The van der Waals surface area contributed by atoms with Gasteiger partial charge in [-0.2, -0.15) is 0 Å². The van der Waals surface area contributed by atoms with Gasteiger partial charge in [0.15, 0.2) is 0 Å². The molecule has 0 aromatic rings. The van der Waals surface area contributed by atoms with Gasteiger partial charge >= 0.3 is 56.3 Å². The number of hydrogen-bond acceptors (Lipinski definition) is 15. The van der Waals surface area contributed by atoms with Gasteiger partial charge in [0.2, 0.25) is 0 Å². The normalized spacial score (nSPS) is 31.6. The van der Waals surface area contributed by atoms with E-state index in [4.69, 9.17) is 42.2 Å². The molecular weight excluding hydrogens is 684 g/mol. The first kappa shape index (κ1) is 42.3. The van der Waals surface area contributed by atoms with E-state index in [-0.39, 0.29) is 96.6 Å². The zero-order valence-electron chi connectivity index (χ0n) is 29.8. The van der Waals surface area contributed by atoms with E-state index in [1.54, 1.807) is 29.9 Å². The minimum atomic E-state index is -0.915. The molecule has 4 radical (unpaired) electrons. The van der Waals surface area contributed by atoms with Gasteiger partial charge in [-0.1, -0.05) is 13.5 Å². The number of fused-ring (bicyclic) bond motifs is 2. The third-order valence-electron chi connectivity index (χ3n) is 10.9. The molecule has 0 aliphatic carbocycles. The van der Waals surface area contributed by atoms with E-state index in [9.17, 15) is 28.8 Å². The molecule has 0 amide bonds. The number of hydrogen-bond donors (Lipinski definition) is 1. The molecule has 0 aromatic carbocycles. The number of esters is 6. The van der Waals surface area contributed by atoms with Gasteiger partial charge in [-0.3, -0.25) is 24.0 Å². The molecule has 6 saturated heterocycles. The van der Waals surface area contributed by atoms with Crippen LogP contribution >= 0.6 is 0 Å². The molecule has 15 nitrogen and oxygen atoms in total. The summed E-state index contributed by atoms with van der Waals surface area (Å²) in [5, 5.41) is 0. The Balaban J connectivity index is 0.000000259. The van der Waals surface area contributed by atoms with Crippen LogP contribution in [0.3, 0.4) is 0 Å². The van der Waals surface area contributed by atoms with Crippen molar-refractivity contribution in [3.05, 3.63) is 12.2 Å². The number of carbonyl (C=O) groups excluding carboxylic acids is 6. The van der Waals surface area contributed by atoms with Crippen molar-refractivity contribution in [2.75, 3.05) is 39.6 Å². The molecule has 6 heterocycles. The van der Waals surface area contributed by atoms with Crippen LogP contribution in [0.2, 0.25) is 0 Å². The van der Waals surface area contributed by atoms with Crippen molar-refractivity contribution in [1.82, 2.24) is 0 Å². The maximum atomic E-state index is 12.3. The summed E-state index contributed by atoms with van der Waals surface area (Å²) in [5.41, 5.74) is -3.42. The molecule has 6 atom stereocenters. The molecule has 0 aromatic heterocycles. The van der Waals surface area contributed by atoms with Crippen molar-refractivity contribution in [1.29, 1.82) is 4.35 Å². The van der Waals surface area contributed by atoms with E-state index in [0.717, 1.165) is 25.7 Å². The van der Waals surface area contributed by atoms with Crippen LogP contribution in [-0.2, 0) is 66.7 Å².